The maximum absolute atomic E-state index is 8.88. The van der Waals surface area contributed by atoms with Gasteiger partial charge in [-0.05, 0) is 12.1 Å². The fraction of sp³-hybridized carbons (Fsp3) is 0.250. The number of hydrogen-bond donors (Lipinski definition) is 1. The number of aromatic nitrogens is 1. The van der Waals surface area contributed by atoms with Crippen LogP contribution in [0.1, 0.15) is 5.69 Å². The van der Waals surface area contributed by atoms with E-state index in [0.29, 0.717) is 11.6 Å². The second kappa shape index (κ2) is 4.55. The van der Waals surface area contributed by atoms with Gasteiger partial charge in [0, 0.05) is 22.5 Å². The Morgan fingerprint density at radius 3 is 3.00 bits per heavy atom. The number of hydrogen-bond acceptors (Lipinski definition) is 1. The lowest BCUT2D eigenvalue weighted by molar-refractivity contribution is 0.271. The molecule has 1 heterocycles. The molecule has 0 aliphatic rings. The summed E-state index contributed by atoms with van der Waals surface area (Å²) in [4.78, 5) is 0. The van der Waals surface area contributed by atoms with Crippen LogP contribution in [-0.4, -0.2) is 9.67 Å². The van der Waals surface area contributed by atoms with Crippen LogP contribution in [0.2, 0.25) is 0 Å². The van der Waals surface area contributed by atoms with E-state index in [4.69, 9.17) is 28.3 Å². The molecule has 12 heavy (non-hydrogen) atoms. The molecule has 1 N–H and O–H groups in total. The molecule has 1 aromatic rings. The van der Waals surface area contributed by atoms with Crippen LogP contribution in [0.15, 0.2) is 28.9 Å². The third-order valence-corrected chi connectivity index (χ3v) is 2.13. The normalized spacial score (nSPS) is 12.1. The van der Waals surface area contributed by atoms with Gasteiger partial charge in [-0.3, -0.25) is 0 Å². The van der Waals surface area contributed by atoms with Crippen molar-refractivity contribution in [2.75, 3.05) is 0 Å². The summed E-state index contributed by atoms with van der Waals surface area (Å²) in [5, 5.41) is 9.42. The highest BCUT2D eigenvalue weighted by molar-refractivity contribution is 6.36. The molecule has 0 saturated heterocycles. The molecule has 0 aliphatic heterocycles. The van der Waals surface area contributed by atoms with Gasteiger partial charge in [0.2, 0.25) is 0 Å². The number of aliphatic hydroxyl groups is 1. The molecule has 0 radical (unpaired) electrons. The number of allylic oxidation sites excluding steroid dienone is 1. The van der Waals surface area contributed by atoms with E-state index in [-0.39, 0.29) is 6.61 Å². The zero-order valence-corrected chi connectivity index (χ0v) is 7.89. The van der Waals surface area contributed by atoms with Crippen molar-refractivity contribution in [3.8, 4) is 0 Å². The highest BCUT2D eigenvalue weighted by Crippen LogP contribution is 2.10. The van der Waals surface area contributed by atoms with Crippen molar-refractivity contribution in [2.45, 2.75) is 13.2 Å². The fourth-order valence-electron chi connectivity index (χ4n) is 0.944. The highest BCUT2D eigenvalue weighted by Gasteiger charge is 1.99. The molecule has 0 bridgehead atoms. The maximum Gasteiger partial charge on any atom is 0.0832 e. The maximum atomic E-state index is 8.88. The molecule has 0 aromatic carbocycles. The molecule has 0 spiro atoms. The molecule has 2 nitrogen and oxygen atoms in total. The summed E-state index contributed by atoms with van der Waals surface area (Å²) in [6, 6.07) is 3.68. The van der Waals surface area contributed by atoms with Gasteiger partial charge in [0.1, 0.15) is 0 Å². The van der Waals surface area contributed by atoms with Gasteiger partial charge in [-0.25, -0.2) is 0 Å². The largest absolute Gasteiger partial charge is 0.390 e. The van der Waals surface area contributed by atoms with Gasteiger partial charge in [-0.15, -0.1) is 0 Å². The molecule has 0 fully saturated rings. The van der Waals surface area contributed by atoms with Crippen molar-refractivity contribution in [2.24, 2.45) is 0 Å². The van der Waals surface area contributed by atoms with Crippen LogP contribution in [0.3, 0.4) is 0 Å². The first-order chi connectivity index (χ1) is 5.77. The summed E-state index contributed by atoms with van der Waals surface area (Å²) in [5.41, 5.74) is 2.15. The Hall–Kier alpha value is -0.440. The van der Waals surface area contributed by atoms with Crippen molar-refractivity contribution < 1.29 is 5.11 Å². The second-order valence-electron chi connectivity index (χ2n) is 2.34. The monoisotopic (exact) mass is 205 g/mol. The Morgan fingerprint density at radius 2 is 2.42 bits per heavy atom. The average Bonchev–Trinajstić information content (AvgIpc) is 2.51. The van der Waals surface area contributed by atoms with Gasteiger partial charge in [0.15, 0.2) is 0 Å². The molecule has 66 valence electrons. The van der Waals surface area contributed by atoms with Crippen LogP contribution in [0, 0.1) is 0 Å². The highest BCUT2D eigenvalue weighted by atomic mass is 35.5. The lowest BCUT2D eigenvalue weighted by atomic mass is 10.4. The van der Waals surface area contributed by atoms with E-state index < -0.39 is 0 Å². The van der Waals surface area contributed by atoms with E-state index in [9.17, 15) is 0 Å². The van der Waals surface area contributed by atoms with E-state index in [1.54, 1.807) is 0 Å². The Labute approximate surface area is 81.0 Å². The number of rotatable bonds is 3. The average molecular weight is 206 g/mol. The minimum absolute atomic E-state index is 0.0133. The van der Waals surface area contributed by atoms with E-state index in [0.717, 1.165) is 5.69 Å². The Bertz CT molecular complexity index is 280. The zero-order chi connectivity index (χ0) is 8.97. The van der Waals surface area contributed by atoms with Crippen molar-refractivity contribution >= 4 is 23.2 Å². The lowest BCUT2D eigenvalue weighted by Crippen LogP contribution is -2.01. The SMILES string of the molecule is OCc1cccn1C/C(Cl)=C/Cl. The van der Waals surface area contributed by atoms with Gasteiger partial charge in [-0.2, -0.15) is 0 Å². The molecular weight excluding hydrogens is 197 g/mol. The first-order valence-electron chi connectivity index (χ1n) is 3.47. The van der Waals surface area contributed by atoms with Crippen LogP contribution in [0.25, 0.3) is 0 Å². The molecule has 0 amide bonds. The van der Waals surface area contributed by atoms with E-state index in [1.165, 1.54) is 5.54 Å². The van der Waals surface area contributed by atoms with Crippen LogP contribution < -0.4 is 0 Å². The van der Waals surface area contributed by atoms with Gasteiger partial charge in [0.05, 0.1) is 13.2 Å². The standard InChI is InChI=1S/C8H9Cl2NO/c9-4-7(10)5-11-3-1-2-8(11)6-12/h1-4,12H,5-6H2/b7-4-. The molecule has 1 rings (SSSR count). The van der Waals surface area contributed by atoms with E-state index in [1.807, 2.05) is 22.9 Å². The Morgan fingerprint density at radius 1 is 1.67 bits per heavy atom. The second-order valence-corrected chi connectivity index (χ2v) is 3.05. The predicted molar refractivity (Wildman–Crippen MR) is 50.1 cm³/mol. The van der Waals surface area contributed by atoms with E-state index >= 15 is 0 Å². The quantitative estimate of drug-likeness (QED) is 0.806. The van der Waals surface area contributed by atoms with Gasteiger partial charge >= 0.3 is 0 Å². The first-order valence-corrected chi connectivity index (χ1v) is 4.29. The lowest BCUT2D eigenvalue weighted by Gasteiger charge is -2.04. The number of aliphatic hydroxyl groups excluding tert-OH is 1. The molecule has 0 saturated carbocycles. The smallest absolute Gasteiger partial charge is 0.0832 e. The first kappa shape index (κ1) is 9.65. The third-order valence-electron chi connectivity index (χ3n) is 1.53. The van der Waals surface area contributed by atoms with Crippen LogP contribution in [0.5, 0.6) is 0 Å². The predicted octanol–water partition coefficient (Wildman–Crippen LogP) is 2.30. The summed E-state index contributed by atoms with van der Waals surface area (Å²) in [7, 11) is 0. The van der Waals surface area contributed by atoms with Crippen LogP contribution in [0.4, 0.5) is 0 Å². The molecule has 0 unspecified atom stereocenters. The van der Waals surface area contributed by atoms with Gasteiger partial charge in [-0.1, -0.05) is 23.2 Å². The van der Waals surface area contributed by atoms with Crippen molar-refractivity contribution in [3.05, 3.63) is 34.6 Å². The summed E-state index contributed by atoms with van der Waals surface area (Å²) in [6.45, 7) is 0.521. The van der Waals surface area contributed by atoms with Crippen LogP contribution >= 0.6 is 23.2 Å². The van der Waals surface area contributed by atoms with Crippen molar-refractivity contribution in [1.82, 2.24) is 4.57 Å². The fourth-order valence-corrected chi connectivity index (χ4v) is 1.14. The molecule has 4 heteroatoms. The molecule has 0 atom stereocenters. The Balaban J connectivity index is 2.74. The summed E-state index contributed by atoms with van der Waals surface area (Å²) >= 11 is 11.1. The zero-order valence-electron chi connectivity index (χ0n) is 6.37. The summed E-state index contributed by atoms with van der Waals surface area (Å²) < 4.78 is 1.83. The molecule has 0 aliphatic carbocycles. The van der Waals surface area contributed by atoms with Crippen molar-refractivity contribution in [1.29, 1.82) is 0 Å². The topological polar surface area (TPSA) is 25.2 Å². The minimum atomic E-state index is 0.0133. The van der Waals surface area contributed by atoms with Crippen molar-refractivity contribution in [3.63, 3.8) is 0 Å². The minimum Gasteiger partial charge on any atom is -0.390 e. The number of nitrogens with zero attached hydrogens (tertiary/aromatic N) is 1. The summed E-state index contributed by atoms with van der Waals surface area (Å²) in [5.74, 6) is 0. The summed E-state index contributed by atoms with van der Waals surface area (Å²) in [6.07, 6.45) is 1.84. The molecule has 1 aromatic heterocycles. The third kappa shape index (κ3) is 2.27. The van der Waals surface area contributed by atoms with Gasteiger partial charge in [0.25, 0.3) is 0 Å². The molecular formula is C8H9Cl2NO. The van der Waals surface area contributed by atoms with E-state index in [2.05, 4.69) is 0 Å². The van der Waals surface area contributed by atoms with Gasteiger partial charge < -0.3 is 9.67 Å². The Kier molecular flexibility index (Phi) is 3.66. The van der Waals surface area contributed by atoms with Crippen LogP contribution in [-0.2, 0) is 13.2 Å². The number of halogens is 2.